The van der Waals surface area contributed by atoms with E-state index in [1.54, 1.807) is 31.2 Å². The summed E-state index contributed by atoms with van der Waals surface area (Å²) in [5, 5.41) is 8.99. The number of ether oxygens (including phenoxy) is 1. The second kappa shape index (κ2) is 11.0. The molecule has 0 spiro atoms. The predicted octanol–water partition coefficient (Wildman–Crippen LogP) is 2.77. The van der Waals surface area contributed by atoms with E-state index in [1.165, 1.54) is 12.1 Å². The Kier molecular flexibility index (Phi) is 7.92. The van der Waals surface area contributed by atoms with Crippen molar-refractivity contribution in [2.45, 2.75) is 26.1 Å². The number of allylic oxidation sites excluding steroid dienone is 1. The summed E-state index contributed by atoms with van der Waals surface area (Å²) in [5.41, 5.74) is 0.0918. The molecule has 0 aliphatic carbocycles. The van der Waals surface area contributed by atoms with Gasteiger partial charge >= 0.3 is 0 Å². The molecule has 1 aliphatic heterocycles. The molecule has 1 radical (unpaired) electrons. The summed E-state index contributed by atoms with van der Waals surface area (Å²) in [6.07, 6.45) is 2.46. The highest BCUT2D eigenvalue weighted by atomic mass is 19.1. The van der Waals surface area contributed by atoms with Crippen LogP contribution in [-0.4, -0.2) is 23.6 Å². The molecule has 9 heteroatoms. The first kappa shape index (κ1) is 24.4. The molecule has 175 valence electrons. The molecule has 0 fully saturated rings. The Bertz CT molecular complexity index is 1180. The van der Waals surface area contributed by atoms with E-state index in [9.17, 15) is 23.2 Å². The first-order chi connectivity index (χ1) is 16.3. The van der Waals surface area contributed by atoms with Crippen LogP contribution in [0.15, 0.2) is 84.4 Å². The maximum Gasteiger partial charge on any atom is 0.274 e. The van der Waals surface area contributed by atoms with Crippen LogP contribution in [0.4, 0.5) is 8.78 Å². The molecule has 1 heterocycles. The minimum atomic E-state index is -0.850. The lowest BCUT2D eigenvalue weighted by Crippen LogP contribution is -2.39. The first-order valence-electron chi connectivity index (χ1n) is 10.3. The third kappa shape index (κ3) is 5.94. The fourth-order valence-corrected chi connectivity index (χ4v) is 2.93. The second-order valence-corrected chi connectivity index (χ2v) is 7.37. The molecule has 2 amide bonds. The number of halogens is 2. The van der Waals surface area contributed by atoms with E-state index in [4.69, 9.17) is 4.74 Å². The summed E-state index contributed by atoms with van der Waals surface area (Å²) in [5.74, 6) is -4.35. The number of carbonyl (C=O) groups excluding carboxylic acids is 3. The van der Waals surface area contributed by atoms with E-state index in [0.29, 0.717) is 6.07 Å². The summed E-state index contributed by atoms with van der Waals surface area (Å²) < 4.78 is 32.6. The summed E-state index contributed by atoms with van der Waals surface area (Å²) in [7, 11) is 0. The minimum absolute atomic E-state index is 0.0325. The van der Waals surface area contributed by atoms with Gasteiger partial charge in [-0.25, -0.2) is 14.1 Å². The van der Waals surface area contributed by atoms with Crippen LogP contribution in [0, 0.1) is 11.6 Å². The van der Waals surface area contributed by atoms with Gasteiger partial charge < -0.3 is 15.4 Å². The van der Waals surface area contributed by atoms with Crippen molar-refractivity contribution < 1.29 is 27.9 Å². The van der Waals surface area contributed by atoms with Crippen molar-refractivity contribution in [1.29, 1.82) is 0 Å². The second-order valence-electron chi connectivity index (χ2n) is 7.37. The maximum atomic E-state index is 13.8. The van der Waals surface area contributed by atoms with Gasteiger partial charge in [0.15, 0.2) is 11.5 Å². The van der Waals surface area contributed by atoms with Crippen LogP contribution in [0.1, 0.15) is 18.1 Å². The highest BCUT2D eigenvalue weighted by Crippen LogP contribution is 2.20. The van der Waals surface area contributed by atoms with Crippen LogP contribution < -0.4 is 16.0 Å². The van der Waals surface area contributed by atoms with E-state index in [1.807, 2.05) is 6.07 Å². The zero-order chi connectivity index (χ0) is 24.7. The zero-order valence-corrected chi connectivity index (χ0v) is 18.3. The number of nitrogens with one attached hydrogen (secondary N) is 2. The van der Waals surface area contributed by atoms with Gasteiger partial charge in [0, 0.05) is 30.4 Å². The molecule has 1 aliphatic rings. The summed E-state index contributed by atoms with van der Waals surface area (Å²) >= 11 is 0. The molecular formula is C25H22F2N3O4. The van der Waals surface area contributed by atoms with Crippen LogP contribution in [0.25, 0.3) is 0 Å². The Labute approximate surface area is 195 Å². The monoisotopic (exact) mass is 466 g/mol. The third-order valence-corrected chi connectivity index (χ3v) is 4.84. The van der Waals surface area contributed by atoms with Crippen LogP contribution in [0.5, 0.6) is 0 Å². The van der Waals surface area contributed by atoms with E-state index in [-0.39, 0.29) is 30.0 Å². The number of nitrogens with zero attached hydrogens (tertiary/aromatic N) is 1. The van der Waals surface area contributed by atoms with Gasteiger partial charge in [0.25, 0.3) is 11.8 Å². The largest absolute Gasteiger partial charge is 0.482 e. The normalized spacial score (nSPS) is 14.0. The predicted molar refractivity (Wildman–Crippen MR) is 119 cm³/mol. The van der Waals surface area contributed by atoms with Gasteiger partial charge in [-0.15, -0.1) is 6.58 Å². The number of carbonyl (C=O) groups is 3. The van der Waals surface area contributed by atoms with Crippen LogP contribution in [0.3, 0.4) is 0 Å². The van der Waals surface area contributed by atoms with E-state index in [0.717, 1.165) is 17.8 Å². The van der Waals surface area contributed by atoms with Crippen LogP contribution in [0.2, 0.25) is 0 Å². The van der Waals surface area contributed by atoms with Crippen LogP contribution >= 0.6 is 0 Å². The molecule has 1 atom stereocenters. The molecule has 0 saturated carbocycles. The Morgan fingerprint density at radius 2 is 1.88 bits per heavy atom. The Balaban J connectivity index is 1.78. The third-order valence-electron chi connectivity index (χ3n) is 4.84. The van der Waals surface area contributed by atoms with Gasteiger partial charge in [-0.05, 0) is 18.6 Å². The lowest BCUT2D eigenvalue weighted by molar-refractivity contribution is -0.124. The van der Waals surface area contributed by atoms with E-state index < -0.39 is 41.0 Å². The average Bonchev–Trinajstić information content (AvgIpc) is 2.82. The summed E-state index contributed by atoms with van der Waals surface area (Å²) in [6, 6.07) is 11.4. The quantitative estimate of drug-likeness (QED) is 0.439. The van der Waals surface area contributed by atoms with Gasteiger partial charge in [0.2, 0.25) is 5.78 Å². The van der Waals surface area contributed by atoms with E-state index in [2.05, 4.69) is 22.5 Å². The summed E-state index contributed by atoms with van der Waals surface area (Å²) in [6.45, 7) is 4.94. The molecule has 2 aromatic rings. The van der Waals surface area contributed by atoms with E-state index >= 15 is 0 Å². The number of rotatable bonds is 9. The van der Waals surface area contributed by atoms with Crippen molar-refractivity contribution in [3.63, 3.8) is 0 Å². The molecule has 0 unspecified atom stereocenters. The number of hydrogen-bond donors (Lipinski definition) is 2. The first-order valence-corrected chi connectivity index (χ1v) is 10.3. The van der Waals surface area contributed by atoms with Crippen molar-refractivity contribution in [3.05, 3.63) is 107 Å². The van der Waals surface area contributed by atoms with Crippen molar-refractivity contribution >= 4 is 17.6 Å². The zero-order valence-electron chi connectivity index (χ0n) is 18.3. The van der Waals surface area contributed by atoms with Crippen molar-refractivity contribution in [3.8, 4) is 0 Å². The lowest BCUT2D eigenvalue weighted by Gasteiger charge is -2.20. The van der Waals surface area contributed by atoms with Crippen molar-refractivity contribution in [1.82, 2.24) is 16.0 Å². The molecule has 0 bridgehead atoms. The number of amides is 2. The Morgan fingerprint density at radius 3 is 2.56 bits per heavy atom. The molecule has 34 heavy (non-hydrogen) atoms. The molecular weight excluding hydrogens is 444 g/mol. The van der Waals surface area contributed by atoms with Gasteiger partial charge in [-0.2, -0.15) is 0 Å². The Morgan fingerprint density at radius 1 is 1.15 bits per heavy atom. The summed E-state index contributed by atoms with van der Waals surface area (Å²) in [4.78, 5) is 38.4. The SMILES string of the molecule is C=C[C@H](C)NC(=O)C1=C(OCc2ccccc2)C(=O)C(C(=O)NCc2ccc(F)cc2F)=C[N]1. The van der Waals surface area contributed by atoms with Gasteiger partial charge in [-0.3, -0.25) is 14.4 Å². The van der Waals surface area contributed by atoms with Gasteiger partial charge in [0.05, 0.1) is 0 Å². The number of ketones is 1. The topological polar surface area (TPSA) is 98.6 Å². The molecule has 2 aromatic carbocycles. The molecule has 0 saturated heterocycles. The minimum Gasteiger partial charge on any atom is -0.482 e. The van der Waals surface area contributed by atoms with Crippen LogP contribution in [-0.2, 0) is 32.3 Å². The molecule has 7 nitrogen and oxygen atoms in total. The fourth-order valence-electron chi connectivity index (χ4n) is 2.93. The molecule has 0 aromatic heterocycles. The molecule has 2 N–H and O–H groups in total. The van der Waals surface area contributed by atoms with Gasteiger partial charge in [0.1, 0.15) is 23.8 Å². The average molecular weight is 466 g/mol. The highest BCUT2D eigenvalue weighted by Gasteiger charge is 2.34. The number of benzene rings is 2. The standard InChI is InChI=1S/C25H22F2N3O4/c1-3-15(2)30-25(33)21-23(34-14-16-7-5-4-6-8-16)22(31)19(13-28-21)24(32)29-12-17-9-10-18(26)11-20(17)27/h3-11,13,15H,1,12,14H2,2H3,(H,29,32)(H,30,33)/t15-/m0/s1. The fraction of sp³-hybridized carbons (Fsp3) is 0.160. The number of Topliss-reactive ketones (excluding diaryl/α,β-unsaturated/α-hetero) is 1. The lowest BCUT2D eigenvalue weighted by atomic mass is 10.0. The van der Waals surface area contributed by atoms with Crippen molar-refractivity contribution in [2.75, 3.05) is 0 Å². The van der Waals surface area contributed by atoms with Gasteiger partial charge in [-0.1, -0.05) is 42.5 Å². The highest BCUT2D eigenvalue weighted by molar-refractivity contribution is 6.27. The maximum absolute atomic E-state index is 13.8. The molecule has 3 rings (SSSR count). The Hall–Kier alpha value is -4.27. The number of hydrogen-bond acceptors (Lipinski definition) is 4. The van der Waals surface area contributed by atoms with Crippen molar-refractivity contribution in [2.24, 2.45) is 0 Å². The smallest absolute Gasteiger partial charge is 0.274 e.